The van der Waals surface area contributed by atoms with Gasteiger partial charge >= 0.3 is 63.6 Å². The van der Waals surface area contributed by atoms with Crippen molar-refractivity contribution in [1.29, 1.82) is 0 Å². The maximum atomic E-state index is 11.1. The van der Waals surface area contributed by atoms with Gasteiger partial charge in [0.1, 0.15) is 11.2 Å². The van der Waals surface area contributed by atoms with Gasteiger partial charge in [-0.3, -0.25) is 0 Å². The third-order valence-electron chi connectivity index (χ3n) is 1.00. The van der Waals surface area contributed by atoms with Crippen LogP contribution in [-0.4, -0.2) is 23.4 Å². The second-order valence-corrected chi connectivity index (χ2v) is 5.13. The van der Waals surface area contributed by atoms with Crippen molar-refractivity contribution >= 4 is 12.2 Å². The van der Waals surface area contributed by atoms with E-state index in [1.165, 1.54) is 0 Å². The molecule has 0 heterocycles. The van der Waals surface area contributed by atoms with Crippen LogP contribution < -0.4 is 56.7 Å². The Morgan fingerprint density at radius 1 is 0.812 bits per heavy atom. The normalized spacial score (nSPS) is 11.1. The van der Waals surface area contributed by atoms with Crippen molar-refractivity contribution in [2.24, 2.45) is 0 Å². The fourth-order valence-corrected chi connectivity index (χ4v) is 0.691. The summed E-state index contributed by atoms with van der Waals surface area (Å²) < 4.78 is 9.74. The van der Waals surface area contributed by atoms with Crippen LogP contribution in [0.3, 0.4) is 0 Å². The molecule has 0 aliphatic carbocycles. The van der Waals surface area contributed by atoms with E-state index < -0.39 is 23.4 Å². The SMILES string of the molecule is CC(C)(C)OC(=O)NC(=O)OC(C)(C)C.[K+]. The maximum absolute atomic E-state index is 11.1. The zero-order valence-corrected chi connectivity index (χ0v) is 14.3. The van der Waals surface area contributed by atoms with Crippen molar-refractivity contribution in [1.82, 2.24) is 5.32 Å². The number of nitrogens with one attached hydrogen (secondary N) is 1. The topological polar surface area (TPSA) is 64.6 Å². The summed E-state index contributed by atoms with van der Waals surface area (Å²) >= 11 is 0. The molecule has 6 heteroatoms. The molecule has 0 radical (unpaired) electrons. The van der Waals surface area contributed by atoms with Gasteiger partial charge in [0.05, 0.1) is 0 Å². The second kappa shape index (κ2) is 6.95. The predicted molar refractivity (Wildman–Crippen MR) is 55.6 cm³/mol. The molecule has 0 aromatic carbocycles. The first kappa shape index (κ1) is 18.7. The van der Waals surface area contributed by atoms with E-state index in [2.05, 4.69) is 0 Å². The molecule has 88 valence electrons. The first-order chi connectivity index (χ1) is 6.49. The number of ether oxygens (including phenoxy) is 2. The zero-order valence-electron chi connectivity index (χ0n) is 11.1. The fraction of sp³-hybridized carbons (Fsp3) is 0.800. The minimum atomic E-state index is -0.809. The minimum absolute atomic E-state index is 0. The summed E-state index contributed by atoms with van der Waals surface area (Å²) in [5.41, 5.74) is -1.27. The summed E-state index contributed by atoms with van der Waals surface area (Å²) in [6, 6.07) is 0. The van der Waals surface area contributed by atoms with Gasteiger partial charge in [0.25, 0.3) is 0 Å². The van der Waals surface area contributed by atoms with Gasteiger partial charge < -0.3 is 9.47 Å². The van der Waals surface area contributed by atoms with Gasteiger partial charge in [0.15, 0.2) is 0 Å². The smallest absolute Gasteiger partial charge is 0.443 e. The molecule has 0 aliphatic rings. The third-order valence-corrected chi connectivity index (χ3v) is 1.00. The van der Waals surface area contributed by atoms with E-state index >= 15 is 0 Å². The molecule has 0 unspecified atom stereocenters. The van der Waals surface area contributed by atoms with Crippen molar-refractivity contribution in [2.75, 3.05) is 0 Å². The zero-order chi connectivity index (χ0) is 12.3. The van der Waals surface area contributed by atoms with E-state index in [9.17, 15) is 9.59 Å². The van der Waals surface area contributed by atoms with E-state index in [0.717, 1.165) is 0 Å². The Bertz CT molecular complexity index is 227. The van der Waals surface area contributed by atoms with Crippen molar-refractivity contribution in [2.45, 2.75) is 52.7 Å². The quantitative estimate of drug-likeness (QED) is 0.591. The number of hydrogen-bond donors (Lipinski definition) is 1. The van der Waals surface area contributed by atoms with Crippen LogP contribution in [0.2, 0.25) is 0 Å². The molecule has 0 spiro atoms. The molecular weight excluding hydrogens is 237 g/mol. The van der Waals surface area contributed by atoms with E-state index in [0.29, 0.717) is 0 Å². The monoisotopic (exact) mass is 256 g/mol. The predicted octanol–water partition coefficient (Wildman–Crippen LogP) is -0.550. The summed E-state index contributed by atoms with van der Waals surface area (Å²) in [5.74, 6) is 0. The van der Waals surface area contributed by atoms with Crippen LogP contribution in [0, 0.1) is 0 Å². The molecule has 1 N–H and O–H groups in total. The average Bonchev–Trinajstić information content (AvgIpc) is 1.73. The number of carbonyl (C=O) groups excluding carboxylic acids is 2. The molecule has 0 rings (SSSR count). The molecule has 0 aliphatic heterocycles. The Hall–Kier alpha value is 0.376. The average molecular weight is 256 g/mol. The Morgan fingerprint density at radius 3 is 1.25 bits per heavy atom. The number of rotatable bonds is 0. The van der Waals surface area contributed by atoms with Crippen LogP contribution in [0.4, 0.5) is 9.59 Å². The summed E-state index contributed by atoms with van der Waals surface area (Å²) in [6.07, 6.45) is -1.62. The molecule has 0 bridgehead atoms. The van der Waals surface area contributed by atoms with E-state index in [4.69, 9.17) is 9.47 Å². The Balaban J connectivity index is 0. The molecule has 0 atom stereocenters. The third kappa shape index (κ3) is 12.4. The van der Waals surface area contributed by atoms with Crippen LogP contribution in [-0.2, 0) is 9.47 Å². The first-order valence-electron chi connectivity index (χ1n) is 4.72. The molecular formula is C10H19KNO4+. The van der Waals surface area contributed by atoms with Crippen LogP contribution in [0.1, 0.15) is 41.5 Å². The standard InChI is InChI=1S/C10H19NO4.K/c1-9(2,3)14-7(12)11-8(13)15-10(4,5)6;/h1-6H3,(H,11,12,13);/q;+1. The van der Waals surface area contributed by atoms with Crippen LogP contribution in [0.15, 0.2) is 0 Å². The number of hydrogen-bond acceptors (Lipinski definition) is 4. The van der Waals surface area contributed by atoms with Gasteiger partial charge in [-0.2, -0.15) is 0 Å². The number of alkyl carbamates (subject to hydrolysis) is 2. The summed E-state index contributed by atoms with van der Waals surface area (Å²) in [4.78, 5) is 22.2. The molecule has 0 saturated carbocycles. The van der Waals surface area contributed by atoms with E-state index in [1.54, 1.807) is 41.5 Å². The molecule has 0 aromatic rings. The molecule has 0 aromatic heterocycles. The number of imide groups is 1. The van der Waals surface area contributed by atoms with Gasteiger partial charge in [-0.15, -0.1) is 0 Å². The van der Waals surface area contributed by atoms with Crippen molar-refractivity contribution in [3.8, 4) is 0 Å². The van der Waals surface area contributed by atoms with Crippen molar-refractivity contribution in [3.63, 3.8) is 0 Å². The Labute approximate surface area is 139 Å². The van der Waals surface area contributed by atoms with Crippen LogP contribution >= 0.6 is 0 Å². The maximum Gasteiger partial charge on any atom is 1.00 e. The van der Waals surface area contributed by atoms with Crippen LogP contribution in [0.25, 0.3) is 0 Å². The summed E-state index contributed by atoms with van der Waals surface area (Å²) in [5, 5.41) is 1.97. The summed E-state index contributed by atoms with van der Waals surface area (Å²) in [6.45, 7) is 10.3. The van der Waals surface area contributed by atoms with Gasteiger partial charge in [0.2, 0.25) is 0 Å². The number of amides is 2. The Morgan fingerprint density at radius 2 is 1.06 bits per heavy atom. The molecule has 0 fully saturated rings. The van der Waals surface area contributed by atoms with Crippen molar-refractivity contribution in [3.05, 3.63) is 0 Å². The molecule has 16 heavy (non-hydrogen) atoms. The largest absolute Gasteiger partial charge is 1.00 e. The Kier molecular flexibility index (Phi) is 8.14. The first-order valence-corrected chi connectivity index (χ1v) is 4.72. The molecule has 2 amide bonds. The van der Waals surface area contributed by atoms with E-state index in [-0.39, 0.29) is 51.4 Å². The van der Waals surface area contributed by atoms with E-state index in [1.807, 2.05) is 5.32 Å². The summed E-state index contributed by atoms with van der Waals surface area (Å²) in [7, 11) is 0. The minimum Gasteiger partial charge on any atom is -0.443 e. The fourth-order valence-electron chi connectivity index (χ4n) is 0.691. The van der Waals surface area contributed by atoms with Gasteiger partial charge in [-0.05, 0) is 41.5 Å². The molecule has 5 nitrogen and oxygen atoms in total. The van der Waals surface area contributed by atoms with Crippen molar-refractivity contribution < 1.29 is 70.4 Å². The van der Waals surface area contributed by atoms with Crippen LogP contribution in [0.5, 0.6) is 0 Å². The van der Waals surface area contributed by atoms with Gasteiger partial charge in [0, 0.05) is 0 Å². The second-order valence-electron chi connectivity index (χ2n) is 5.13. The number of carbonyl (C=O) groups is 2. The van der Waals surface area contributed by atoms with Gasteiger partial charge in [-0.1, -0.05) is 0 Å². The molecule has 0 saturated heterocycles. The van der Waals surface area contributed by atoms with Gasteiger partial charge in [-0.25, -0.2) is 14.9 Å².